The molecule has 4 rings (SSSR count). The molecular formula is C27H36. The molecule has 2 fully saturated rings. The minimum Gasteiger partial charge on any atom is -0.0625 e. The van der Waals surface area contributed by atoms with Crippen LogP contribution in [0.5, 0.6) is 0 Å². The van der Waals surface area contributed by atoms with Crippen LogP contribution in [0.3, 0.4) is 0 Å². The van der Waals surface area contributed by atoms with Crippen molar-refractivity contribution in [1.82, 2.24) is 0 Å². The molecule has 2 saturated carbocycles. The van der Waals surface area contributed by atoms with E-state index in [1.807, 2.05) is 0 Å². The minimum atomic E-state index is 0.626. The van der Waals surface area contributed by atoms with Gasteiger partial charge in [0.2, 0.25) is 0 Å². The third-order valence-corrected chi connectivity index (χ3v) is 7.40. The molecule has 144 valence electrons. The third kappa shape index (κ3) is 4.31. The maximum absolute atomic E-state index is 2.45. The Labute approximate surface area is 166 Å². The van der Waals surface area contributed by atoms with Crippen LogP contribution in [0.4, 0.5) is 0 Å². The van der Waals surface area contributed by atoms with E-state index < -0.39 is 0 Å². The Balaban J connectivity index is 1.38. The lowest BCUT2D eigenvalue weighted by atomic mass is 9.79. The molecule has 0 heteroatoms. The summed E-state index contributed by atoms with van der Waals surface area (Å²) < 4.78 is 0. The van der Waals surface area contributed by atoms with E-state index in [1.54, 1.807) is 16.7 Å². The summed E-state index contributed by atoms with van der Waals surface area (Å²) in [6, 6.07) is 19.2. The lowest BCUT2D eigenvalue weighted by Gasteiger charge is -2.26. The van der Waals surface area contributed by atoms with Gasteiger partial charge in [0, 0.05) is 0 Å². The highest BCUT2D eigenvalue weighted by molar-refractivity contribution is 5.32. The molecule has 0 saturated heterocycles. The van der Waals surface area contributed by atoms with E-state index in [0.717, 1.165) is 23.7 Å². The monoisotopic (exact) mass is 360 g/mol. The van der Waals surface area contributed by atoms with Crippen molar-refractivity contribution in [2.75, 3.05) is 0 Å². The average Bonchev–Trinajstić information content (AvgIpc) is 3.19. The highest BCUT2D eigenvalue weighted by atomic mass is 14.3. The van der Waals surface area contributed by atoms with Gasteiger partial charge in [0.1, 0.15) is 0 Å². The fraction of sp³-hybridized carbons (Fsp3) is 0.556. The first-order valence-electron chi connectivity index (χ1n) is 11.3. The van der Waals surface area contributed by atoms with Gasteiger partial charge in [-0.25, -0.2) is 0 Å². The van der Waals surface area contributed by atoms with Crippen LogP contribution in [0.1, 0.15) is 112 Å². The third-order valence-electron chi connectivity index (χ3n) is 7.40. The Morgan fingerprint density at radius 1 is 0.593 bits per heavy atom. The second-order valence-corrected chi connectivity index (χ2v) is 9.65. The van der Waals surface area contributed by atoms with Gasteiger partial charge < -0.3 is 0 Å². The summed E-state index contributed by atoms with van der Waals surface area (Å²) >= 11 is 0. The molecule has 27 heavy (non-hydrogen) atoms. The fourth-order valence-electron chi connectivity index (χ4n) is 5.37. The van der Waals surface area contributed by atoms with Crippen molar-refractivity contribution in [3.8, 4) is 0 Å². The highest BCUT2D eigenvalue weighted by Gasteiger charge is 2.27. The van der Waals surface area contributed by atoms with Crippen molar-refractivity contribution >= 4 is 0 Å². The Bertz CT molecular complexity index is 714. The molecule has 0 spiro atoms. The maximum atomic E-state index is 2.45. The highest BCUT2D eigenvalue weighted by Crippen LogP contribution is 2.44. The van der Waals surface area contributed by atoms with Crippen LogP contribution in [0, 0.1) is 5.92 Å². The van der Waals surface area contributed by atoms with Crippen LogP contribution in [0.15, 0.2) is 48.5 Å². The summed E-state index contributed by atoms with van der Waals surface area (Å²) in [5.74, 6) is 3.87. The van der Waals surface area contributed by atoms with Crippen LogP contribution in [-0.2, 0) is 0 Å². The number of hydrogen-bond acceptors (Lipinski definition) is 0. The van der Waals surface area contributed by atoms with Gasteiger partial charge in [-0.1, -0.05) is 82.1 Å². The Morgan fingerprint density at radius 2 is 1.00 bits per heavy atom. The fourth-order valence-corrected chi connectivity index (χ4v) is 5.37. The molecule has 2 atom stereocenters. The van der Waals surface area contributed by atoms with Gasteiger partial charge in [-0.3, -0.25) is 0 Å². The summed E-state index contributed by atoms with van der Waals surface area (Å²) in [5.41, 5.74) is 6.17. The summed E-state index contributed by atoms with van der Waals surface area (Å²) in [5, 5.41) is 0. The lowest BCUT2D eigenvalue weighted by Crippen LogP contribution is -2.10. The quantitative estimate of drug-likeness (QED) is 0.516. The molecule has 0 N–H and O–H groups in total. The van der Waals surface area contributed by atoms with Gasteiger partial charge in [-0.05, 0) is 83.9 Å². The smallest absolute Gasteiger partial charge is 0.0156 e. The Kier molecular flexibility index (Phi) is 5.71. The first kappa shape index (κ1) is 18.8. The van der Waals surface area contributed by atoms with Crippen LogP contribution in [-0.4, -0.2) is 0 Å². The predicted molar refractivity (Wildman–Crippen MR) is 117 cm³/mol. The summed E-state index contributed by atoms with van der Waals surface area (Å²) in [6.07, 6.45) is 9.60. The lowest BCUT2D eigenvalue weighted by molar-refractivity contribution is 0.348. The minimum absolute atomic E-state index is 0.626. The standard InChI is InChI=1S/C27H36/c1-19(2)21-8-10-24(11-9-21)26-16-17-27(18-26)25-14-12-23(13-15-25)22-6-4-20(3)5-7-22/h8-15,19-20,22,26-27H,4-7,16-18H2,1-3H3. The maximum Gasteiger partial charge on any atom is -0.0156 e. The molecule has 0 heterocycles. The second kappa shape index (κ2) is 8.21. The molecule has 2 unspecified atom stereocenters. The molecule has 0 aliphatic heterocycles. The molecule has 0 amide bonds. The largest absolute Gasteiger partial charge is 0.0625 e. The summed E-state index contributed by atoms with van der Waals surface area (Å²) in [6.45, 7) is 6.96. The van der Waals surface area contributed by atoms with Gasteiger partial charge in [-0.2, -0.15) is 0 Å². The van der Waals surface area contributed by atoms with E-state index in [9.17, 15) is 0 Å². The summed E-state index contributed by atoms with van der Waals surface area (Å²) in [7, 11) is 0. The zero-order valence-corrected chi connectivity index (χ0v) is 17.5. The molecule has 0 aromatic heterocycles. The van der Waals surface area contributed by atoms with Gasteiger partial charge in [0.15, 0.2) is 0 Å². The van der Waals surface area contributed by atoms with Crippen molar-refractivity contribution < 1.29 is 0 Å². The molecule has 2 aliphatic rings. The van der Waals surface area contributed by atoms with E-state index >= 15 is 0 Å². The van der Waals surface area contributed by atoms with Crippen LogP contribution >= 0.6 is 0 Å². The number of benzene rings is 2. The molecular weight excluding hydrogens is 324 g/mol. The topological polar surface area (TPSA) is 0 Å². The Hall–Kier alpha value is -1.56. The summed E-state index contributed by atoms with van der Waals surface area (Å²) in [4.78, 5) is 0. The molecule has 2 aromatic carbocycles. The average molecular weight is 361 g/mol. The number of rotatable bonds is 4. The zero-order chi connectivity index (χ0) is 18.8. The van der Waals surface area contributed by atoms with Gasteiger partial charge in [0.05, 0.1) is 0 Å². The van der Waals surface area contributed by atoms with E-state index in [1.165, 1.54) is 50.5 Å². The van der Waals surface area contributed by atoms with Crippen LogP contribution in [0.2, 0.25) is 0 Å². The van der Waals surface area contributed by atoms with Crippen molar-refractivity contribution in [2.45, 2.75) is 89.4 Å². The van der Waals surface area contributed by atoms with Crippen LogP contribution < -0.4 is 0 Å². The second-order valence-electron chi connectivity index (χ2n) is 9.65. The van der Waals surface area contributed by atoms with Crippen molar-refractivity contribution in [1.29, 1.82) is 0 Å². The zero-order valence-electron chi connectivity index (χ0n) is 17.5. The first-order valence-corrected chi connectivity index (χ1v) is 11.3. The van der Waals surface area contributed by atoms with Gasteiger partial charge >= 0.3 is 0 Å². The SMILES string of the molecule is CC1CCC(c2ccc(C3CCC(c4ccc(C(C)C)cc4)C3)cc2)CC1. The molecule has 0 nitrogen and oxygen atoms in total. The molecule has 0 bridgehead atoms. The van der Waals surface area contributed by atoms with E-state index in [2.05, 4.69) is 69.3 Å². The van der Waals surface area contributed by atoms with Crippen LogP contribution in [0.25, 0.3) is 0 Å². The van der Waals surface area contributed by atoms with E-state index in [-0.39, 0.29) is 0 Å². The van der Waals surface area contributed by atoms with Crippen molar-refractivity contribution in [2.24, 2.45) is 5.92 Å². The van der Waals surface area contributed by atoms with Crippen molar-refractivity contribution in [3.05, 3.63) is 70.8 Å². The predicted octanol–water partition coefficient (Wildman–Crippen LogP) is 8.16. The first-order chi connectivity index (χ1) is 13.1. The van der Waals surface area contributed by atoms with Gasteiger partial charge in [-0.15, -0.1) is 0 Å². The molecule has 2 aliphatic carbocycles. The van der Waals surface area contributed by atoms with E-state index in [4.69, 9.17) is 0 Å². The Morgan fingerprint density at radius 3 is 1.48 bits per heavy atom. The number of hydrogen-bond donors (Lipinski definition) is 0. The van der Waals surface area contributed by atoms with E-state index in [0.29, 0.717) is 5.92 Å². The van der Waals surface area contributed by atoms with Crippen molar-refractivity contribution in [3.63, 3.8) is 0 Å². The molecule has 0 radical (unpaired) electrons. The molecule has 2 aromatic rings. The van der Waals surface area contributed by atoms with Gasteiger partial charge in [0.25, 0.3) is 0 Å². The normalized spacial score (nSPS) is 28.6.